The molecular formula is C31H45NO4Si4. The van der Waals surface area contributed by atoms with Gasteiger partial charge in [-0.15, -0.1) is 0 Å². The van der Waals surface area contributed by atoms with Crippen LogP contribution >= 0.6 is 0 Å². The molecule has 1 unspecified atom stereocenters. The Kier molecular flexibility index (Phi) is 10.5. The van der Waals surface area contributed by atoms with E-state index in [1.807, 2.05) is 30.3 Å². The highest BCUT2D eigenvalue weighted by atomic mass is 28.4. The first-order valence-corrected chi connectivity index (χ1v) is 23.6. The first-order valence-electron chi connectivity index (χ1n) is 13.8. The molecule has 1 N–H and O–H groups in total. The third-order valence-electron chi connectivity index (χ3n) is 7.02. The molecule has 1 atom stereocenters. The number of rotatable bonds is 13. The van der Waals surface area contributed by atoms with Gasteiger partial charge in [-0.3, -0.25) is 4.79 Å². The minimum Gasteiger partial charge on any atom is -0.393 e. The van der Waals surface area contributed by atoms with Crippen LogP contribution in [0.25, 0.3) is 0 Å². The fourth-order valence-electron chi connectivity index (χ4n) is 4.97. The van der Waals surface area contributed by atoms with Crippen LogP contribution in [0.5, 0.6) is 0 Å². The number of nitrogens with one attached hydrogen (secondary N) is 1. The van der Waals surface area contributed by atoms with Gasteiger partial charge < -0.3 is 18.6 Å². The van der Waals surface area contributed by atoms with Crippen LogP contribution in [-0.4, -0.2) is 52.7 Å². The van der Waals surface area contributed by atoms with Crippen molar-refractivity contribution in [3.8, 4) is 0 Å². The molecule has 5 nitrogen and oxygen atoms in total. The van der Waals surface area contributed by atoms with Gasteiger partial charge in [0.25, 0.3) is 0 Å². The normalized spacial score (nSPS) is 13.6. The van der Waals surface area contributed by atoms with E-state index >= 15 is 0 Å². The highest BCUT2D eigenvalue weighted by Crippen LogP contribution is 2.28. The first kappa shape index (κ1) is 32.1. The molecular weight excluding hydrogens is 563 g/mol. The number of benzene rings is 3. The van der Waals surface area contributed by atoms with Crippen molar-refractivity contribution in [1.82, 2.24) is 5.32 Å². The monoisotopic (exact) mass is 607 g/mol. The van der Waals surface area contributed by atoms with Crippen molar-refractivity contribution in [2.75, 3.05) is 0 Å². The van der Waals surface area contributed by atoms with Crippen molar-refractivity contribution in [3.05, 3.63) is 103 Å². The van der Waals surface area contributed by atoms with Crippen LogP contribution in [0, 0.1) is 0 Å². The van der Waals surface area contributed by atoms with E-state index in [-0.39, 0.29) is 5.91 Å². The van der Waals surface area contributed by atoms with Crippen LogP contribution < -0.4 is 20.9 Å². The highest BCUT2D eigenvalue weighted by Gasteiger charge is 2.44. The second-order valence-corrected chi connectivity index (χ2v) is 25.0. The van der Waals surface area contributed by atoms with E-state index in [4.69, 9.17) is 13.3 Å². The van der Waals surface area contributed by atoms with Gasteiger partial charge in [-0.25, -0.2) is 0 Å². The maximum atomic E-state index is 12.9. The van der Waals surface area contributed by atoms with Gasteiger partial charge in [0.05, 0.1) is 10.2 Å². The summed E-state index contributed by atoms with van der Waals surface area (Å²) in [4.78, 5) is 12.9. The Labute approximate surface area is 246 Å². The molecule has 0 bridgehead atoms. The Morgan fingerprint density at radius 1 is 0.750 bits per heavy atom. The molecule has 3 aromatic rings. The van der Waals surface area contributed by atoms with E-state index < -0.39 is 36.6 Å². The summed E-state index contributed by atoms with van der Waals surface area (Å²) >= 11 is 0. The molecule has 0 radical (unpaired) electrons. The van der Waals surface area contributed by atoms with E-state index in [0.29, 0.717) is 22.2 Å². The third-order valence-corrected chi connectivity index (χ3v) is 16.6. The molecule has 0 aliphatic heterocycles. The van der Waals surface area contributed by atoms with Crippen molar-refractivity contribution in [1.29, 1.82) is 0 Å². The molecule has 0 aliphatic carbocycles. The zero-order valence-electron chi connectivity index (χ0n) is 25.3. The minimum atomic E-state index is -2.41. The summed E-state index contributed by atoms with van der Waals surface area (Å²) in [5, 5.41) is 6.66. The van der Waals surface area contributed by atoms with Crippen LogP contribution in [0.4, 0.5) is 0 Å². The second-order valence-electron chi connectivity index (χ2n) is 12.0. The van der Waals surface area contributed by atoms with Gasteiger partial charge in [0.2, 0.25) is 30.9 Å². The van der Waals surface area contributed by atoms with Gasteiger partial charge in [-0.2, -0.15) is 0 Å². The summed E-state index contributed by atoms with van der Waals surface area (Å²) in [6.45, 7) is 18.7. The van der Waals surface area contributed by atoms with E-state index in [9.17, 15) is 4.79 Å². The van der Waals surface area contributed by atoms with Crippen LogP contribution in [0.2, 0.25) is 39.3 Å². The maximum absolute atomic E-state index is 12.9. The number of carbonyl (C=O) groups excluding carboxylic acids is 1. The Hall–Kier alpha value is -2.38. The Morgan fingerprint density at radius 3 is 1.45 bits per heavy atom. The molecule has 0 aliphatic rings. The van der Waals surface area contributed by atoms with Crippen LogP contribution in [0.3, 0.4) is 0 Å². The Bertz CT molecular complexity index is 1210. The first-order chi connectivity index (χ1) is 18.6. The zero-order chi connectivity index (χ0) is 29.6. The number of amides is 1. The van der Waals surface area contributed by atoms with E-state index in [0.717, 1.165) is 5.19 Å². The summed E-state index contributed by atoms with van der Waals surface area (Å²) < 4.78 is 21.1. The van der Waals surface area contributed by atoms with E-state index in [1.165, 1.54) is 10.4 Å². The van der Waals surface area contributed by atoms with Crippen molar-refractivity contribution in [3.63, 3.8) is 0 Å². The lowest BCUT2D eigenvalue weighted by molar-refractivity contribution is -0.123. The molecule has 214 valence electrons. The zero-order valence-corrected chi connectivity index (χ0v) is 30.3. The van der Waals surface area contributed by atoms with Crippen molar-refractivity contribution in [2.45, 2.75) is 64.3 Å². The average molecular weight is 608 g/mol. The lowest BCUT2D eigenvalue weighted by Crippen LogP contribution is -2.62. The summed E-state index contributed by atoms with van der Waals surface area (Å²) in [6.07, 6.45) is -0.224. The standard InChI is InChI=1S/C31H45NO4Si4/c1-25(2)30(33)32-29(34-38(3,4)26-18-12-9-13-19-26)24-31(37,35-39(5,6)27-20-14-10-15-21-27)36-40(7,8)28-22-16-11-17-23-28/h9-23,29H,1,24H2,2-8,37H3,(H,32,33). The molecule has 0 saturated heterocycles. The average Bonchev–Trinajstić information content (AvgIpc) is 2.89. The minimum absolute atomic E-state index is 0.231. The summed E-state index contributed by atoms with van der Waals surface area (Å²) in [7, 11) is -6.65. The van der Waals surface area contributed by atoms with Gasteiger partial charge in [0.15, 0.2) is 0 Å². The quantitative estimate of drug-likeness (QED) is 0.183. The number of carbonyl (C=O) groups is 1. The smallest absolute Gasteiger partial charge is 0.248 e. The summed E-state index contributed by atoms with van der Waals surface area (Å²) in [5.74, 6) is -0.231. The molecule has 0 aromatic heterocycles. The van der Waals surface area contributed by atoms with Crippen LogP contribution in [0.15, 0.2) is 103 Å². The SMILES string of the molecule is C=C(C)C(=O)NC(CC([SiH3])(O[Si](C)(C)c1ccccc1)O[Si](C)(C)c1ccccc1)O[Si](C)(C)c1ccccc1. The van der Waals surface area contributed by atoms with Crippen LogP contribution in [-0.2, 0) is 18.1 Å². The molecule has 3 rings (SSSR count). The lowest BCUT2D eigenvalue weighted by Gasteiger charge is -2.45. The fourth-order valence-corrected chi connectivity index (χ4v) is 15.1. The predicted octanol–water partition coefficient (Wildman–Crippen LogP) is 3.80. The highest BCUT2D eigenvalue weighted by molar-refractivity contribution is 6.86. The predicted molar refractivity (Wildman–Crippen MR) is 178 cm³/mol. The van der Waals surface area contributed by atoms with E-state index in [2.05, 4.69) is 112 Å². The van der Waals surface area contributed by atoms with Gasteiger partial charge in [0.1, 0.15) is 11.6 Å². The Balaban J connectivity index is 2.02. The lowest BCUT2D eigenvalue weighted by atomic mass is 10.3. The third kappa shape index (κ3) is 8.81. The maximum Gasteiger partial charge on any atom is 0.248 e. The molecule has 40 heavy (non-hydrogen) atoms. The molecule has 0 heterocycles. The van der Waals surface area contributed by atoms with Crippen molar-refractivity contribution < 1.29 is 18.1 Å². The van der Waals surface area contributed by atoms with Gasteiger partial charge in [-0.05, 0) is 61.8 Å². The Morgan fingerprint density at radius 2 is 1.10 bits per heavy atom. The van der Waals surface area contributed by atoms with Gasteiger partial charge >= 0.3 is 0 Å². The van der Waals surface area contributed by atoms with E-state index in [1.54, 1.807) is 6.92 Å². The van der Waals surface area contributed by atoms with Crippen molar-refractivity contribution >= 4 is 56.7 Å². The number of hydrogen-bond donors (Lipinski definition) is 1. The molecule has 1 amide bonds. The fraction of sp³-hybridized carbons (Fsp3) is 0.323. The van der Waals surface area contributed by atoms with Crippen molar-refractivity contribution in [2.24, 2.45) is 0 Å². The largest absolute Gasteiger partial charge is 0.393 e. The summed E-state index contributed by atoms with van der Waals surface area (Å²) in [5.41, 5.74) is -0.461. The number of hydrogen-bond acceptors (Lipinski definition) is 4. The molecule has 0 saturated carbocycles. The molecule has 3 aromatic carbocycles. The molecule has 0 fully saturated rings. The van der Waals surface area contributed by atoms with Gasteiger partial charge in [-0.1, -0.05) is 97.6 Å². The summed E-state index contributed by atoms with van der Waals surface area (Å²) in [6, 6.07) is 31.1. The second kappa shape index (κ2) is 13.1. The van der Waals surface area contributed by atoms with Crippen LogP contribution in [0.1, 0.15) is 13.3 Å². The molecule has 0 spiro atoms. The van der Waals surface area contributed by atoms with Gasteiger partial charge in [0, 0.05) is 12.0 Å². The molecule has 9 heteroatoms. The topological polar surface area (TPSA) is 56.8 Å².